The summed E-state index contributed by atoms with van der Waals surface area (Å²) in [6.07, 6.45) is -1.46. The minimum atomic E-state index is -4.19. The van der Waals surface area contributed by atoms with Crippen molar-refractivity contribution in [2.24, 2.45) is 5.14 Å². The first-order chi connectivity index (χ1) is 12.5. The number of benzene rings is 2. The molecule has 0 aliphatic rings. The number of nitrogens with two attached hydrogens (primary N) is 1. The molecule has 0 aromatic heterocycles. The van der Waals surface area contributed by atoms with Crippen LogP contribution in [0.15, 0.2) is 41.3 Å². The quantitative estimate of drug-likeness (QED) is 0.742. The van der Waals surface area contributed by atoms with E-state index in [2.05, 4.69) is 5.32 Å². The number of esters is 1. The molecule has 144 valence electrons. The SMILES string of the molecule is C[C@@H](OC(=O)c1cc(S(N)(=O)=O)ccc1F)C(=O)Nc1ccc(F)c(F)c1. The second-order valence-corrected chi connectivity index (χ2v) is 6.91. The molecule has 1 atom stereocenters. The van der Waals surface area contributed by atoms with Crippen molar-refractivity contribution in [2.45, 2.75) is 17.9 Å². The van der Waals surface area contributed by atoms with Gasteiger partial charge >= 0.3 is 5.97 Å². The first kappa shape index (κ1) is 20.4. The van der Waals surface area contributed by atoms with Crippen molar-refractivity contribution < 1.29 is 35.9 Å². The summed E-state index contributed by atoms with van der Waals surface area (Å²) in [7, 11) is -4.19. The summed E-state index contributed by atoms with van der Waals surface area (Å²) in [5.41, 5.74) is -0.835. The highest BCUT2D eigenvalue weighted by atomic mass is 32.2. The molecule has 2 aromatic carbocycles. The number of hydrogen-bond acceptors (Lipinski definition) is 5. The zero-order valence-corrected chi connectivity index (χ0v) is 14.5. The lowest BCUT2D eigenvalue weighted by molar-refractivity contribution is -0.123. The number of amides is 1. The second kappa shape index (κ2) is 7.76. The van der Waals surface area contributed by atoms with Gasteiger partial charge in [-0.05, 0) is 37.3 Å². The number of rotatable bonds is 5. The maximum atomic E-state index is 13.8. The number of halogens is 3. The minimum absolute atomic E-state index is 0.0933. The van der Waals surface area contributed by atoms with E-state index in [-0.39, 0.29) is 5.69 Å². The van der Waals surface area contributed by atoms with Crippen molar-refractivity contribution in [3.05, 3.63) is 59.4 Å². The molecule has 0 aliphatic heterocycles. The number of ether oxygens (including phenoxy) is 1. The van der Waals surface area contributed by atoms with Crippen molar-refractivity contribution in [3.8, 4) is 0 Å². The number of hydrogen-bond donors (Lipinski definition) is 2. The van der Waals surface area contributed by atoms with Gasteiger partial charge in [0.2, 0.25) is 10.0 Å². The first-order valence-electron chi connectivity index (χ1n) is 7.28. The summed E-state index contributed by atoms with van der Waals surface area (Å²) in [4.78, 5) is 23.5. The molecule has 0 aliphatic carbocycles. The van der Waals surface area contributed by atoms with Crippen LogP contribution in [0.25, 0.3) is 0 Å². The van der Waals surface area contributed by atoms with Crippen LogP contribution in [-0.2, 0) is 19.6 Å². The van der Waals surface area contributed by atoms with E-state index < -0.39 is 55.9 Å². The second-order valence-electron chi connectivity index (χ2n) is 5.35. The number of carbonyl (C=O) groups excluding carboxylic acids is 2. The van der Waals surface area contributed by atoms with Crippen LogP contribution in [0.2, 0.25) is 0 Å². The Morgan fingerprint density at radius 1 is 1.04 bits per heavy atom. The van der Waals surface area contributed by atoms with Crippen LogP contribution in [0.5, 0.6) is 0 Å². The molecule has 0 spiro atoms. The molecular weight excluding hydrogens is 389 g/mol. The summed E-state index contributed by atoms with van der Waals surface area (Å²) in [6, 6.07) is 4.84. The molecule has 0 bridgehead atoms. The van der Waals surface area contributed by atoms with E-state index in [4.69, 9.17) is 9.88 Å². The molecule has 0 heterocycles. The summed E-state index contributed by atoms with van der Waals surface area (Å²) in [5.74, 6) is -5.61. The van der Waals surface area contributed by atoms with Gasteiger partial charge in [-0.1, -0.05) is 0 Å². The Kier molecular flexibility index (Phi) is 5.86. The average Bonchev–Trinajstić information content (AvgIpc) is 2.57. The highest BCUT2D eigenvalue weighted by molar-refractivity contribution is 7.89. The van der Waals surface area contributed by atoms with E-state index in [1.807, 2.05) is 0 Å². The zero-order valence-electron chi connectivity index (χ0n) is 13.7. The van der Waals surface area contributed by atoms with Crippen LogP contribution in [0.3, 0.4) is 0 Å². The highest BCUT2D eigenvalue weighted by Gasteiger charge is 2.23. The van der Waals surface area contributed by atoms with E-state index in [1.165, 1.54) is 0 Å². The Bertz CT molecular complexity index is 1010. The molecule has 0 fully saturated rings. The third-order valence-corrected chi connectivity index (χ3v) is 4.24. The van der Waals surface area contributed by atoms with Crippen molar-refractivity contribution in [3.63, 3.8) is 0 Å². The maximum absolute atomic E-state index is 13.8. The lowest BCUT2D eigenvalue weighted by atomic mass is 10.2. The lowest BCUT2D eigenvalue weighted by Crippen LogP contribution is -2.30. The van der Waals surface area contributed by atoms with Gasteiger partial charge in [0.1, 0.15) is 5.82 Å². The fourth-order valence-corrected chi connectivity index (χ4v) is 2.47. The number of anilines is 1. The Hall–Kier alpha value is -2.92. The first-order valence-corrected chi connectivity index (χ1v) is 8.83. The van der Waals surface area contributed by atoms with Crippen molar-refractivity contribution in [1.82, 2.24) is 0 Å². The number of nitrogens with one attached hydrogen (secondary N) is 1. The molecule has 0 saturated carbocycles. The monoisotopic (exact) mass is 402 g/mol. The fraction of sp³-hybridized carbons (Fsp3) is 0.125. The zero-order chi connectivity index (χ0) is 20.4. The van der Waals surface area contributed by atoms with Gasteiger partial charge in [-0.25, -0.2) is 31.5 Å². The predicted octanol–water partition coefficient (Wildman–Crippen LogP) is 1.94. The van der Waals surface area contributed by atoms with Crippen LogP contribution < -0.4 is 10.5 Å². The molecular formula is C16H13F3N2O5S. The molecule has 2 rings (SSSR count). The van der Waals surface area contributed by atoms with Crippen molar-refractivity contribution in [1.29, 1.82) is 0 Å². The van der Waals surface area contributed by atoms with E-state index >= 15 is 0 Å². The molecule has 1 amide bonds. The lowest BCUT2D eigenvalue weighted by Gasteiger charge is -2.14. The van der Waals surface area contributed by atoms with Crippen LogP contribution >= 0.6 is 0 Å². The van der Waals surface area contributed by atoms with Gasteiger partial charge in [-0.2, -0.15) is 0 Å². The number of sulfonamides is 1. The molecule has 0 saturated heterocycles. The van der Waals surface area contributed by atoms with E-state index in [1.54, 1.807) is 0 Å². The summed E-state index contributed by atoms with van der Waals surface area (Å²) in [6.45, 7) is 1.15. The van der Waals surface area contributed by atoms with Gasteiger partial charge < -0.3 is 10.1 Å². The Morgan fingerprint density at radius 2 is 1.67 bits per heavy atom. The molecule has 0 radical (unpaired) electrons. The highest BCUT2D eigenvalue weighted by Crippen LogP contribution is 2.17. The Balaban J connectivity index is 2.12. The molecule has 11 heteroatoms. The summed E-state index contributed by atoms with van der Waals surface area (Å²) < 4.78 is 67.1. The molecule has 7 nitrogen and oxygen atoms in total. The maximum Gasteiger partial charge on any atom is 0.341 e. The molecule has 2 aromatic rings. The largest absolute Gasteiger partial charge is 0.449 e. The van der Waals surface area contributed by atoms with Gasteiger partial charge in [0.05, 0.1) is 10.5 Å². The van der Waals surface area contributed by atoms with Crippen LogP contribution in [-0.4, -0.2) is 26.4 Å². The molecule has 27 heavy (non-hydrogen) atoms. The normalized spacial score (nSPS) is 12.3. The third kappa shape index (κ3) is 5.05. The average molecular weight is 402 g/mol. The van der Waals surface area contributed by atoms with Gasteiger partial charge in [0.15, 0.2) is 17.7 Å². The standard InChI is InChI=1S/C16H13F3N2O5S/c1-8(15(22)21-9-2-4-13(18)14(19)6-9)26-16(23)11-7-10(27(20,24)25)3-5-12(11)17/h2-8H,1H3,(H,21,22)(H2,20,24,25)/t8-/m1/s1. The van der Waals surface area contributed by atoms with Crippen LogP contribution in [0.1, 0.15) is 17.3 Å². The molecule has 0 unspecified atom stereocenters. The topological polar surface area (TPSA) is 116 Å². The van der Waals surface area contributed by atoms with E-state index in [9.17, 15) is 31.2 Å². The Morgan fingerprint density at radius 3 is 2.26 bits per heavy atom. The van der Waals surface area contributed by atoms with Crippen LogP contribution in [0.4, 0.5) is 18.9 Å². The summed E-state index contributed by atoms with van der Waals surface area (Å²) >= 11 is 0. The Labute approximate surface area is 152 Å². The fourth-order valence-electron chi connectivity index (χ4n) is 1.93. The van der Waals surface area contributed by atoms with Gasteiger partial charge in [-0.3, -0.25) is 4.79 Å². The van der Waals surface area contributed by atoms with Gasteiger partial charge in [-0.15, -0.1) is 0 Å². The van der Waals surface area contributed by atoms with Crippen molar-refractivity contribution >= 4 is 27.6 Å². The van der Waals surface area contributed by atoms with Crippen LogP contribution in [0, 0.1) is 17.5 Å². The number of carbonyl (C=O) groups is 2. The number of primary sulfonamides is 1. The van der Waals surface area contributed by atoms with E-state index in [0.29, 0.717) is 12.1 Å². The third-order valence-electron chi connectivity index (χ3n) is 3.33. The van der Waals surface area contributed by atoms with Crippen molar-refractivity contribution in [2.75, 3.05) is 5.32 Å². The van der Waals surface area contributed by atoms with Gasteiger partial charge in [0, 0.05) is 11.8 Å². The smallest absolute Gasteiger partial charge is 0.341 e. The summed E-state index contributed by atoms with van der Waals surface area (Å²) in [5, 5.41) is 7.09. The minimum Gasteiger partial charge on any atom is -0.449 e. The molecule has 3 N–H and O–H groups in total. The van der Waals surface area contributed by atoms with E-state index in [0.717, 1.165) is 31.2 Å². The predicted molar refractivity (Wildman–Crippen MR) is 87.6 cm³/mol. The van der Waals surface area contributed by atoms with Gasteiger partial charge in [0.25, 0.3) is 5.91 Å².